The number of carbonyl (C=O) groups is 1. The van der Waals surface area contributed by atoms with Crippen molar-refractivity contribution in [2.45, 2.75) is 33.6 Å². The minimum Gasteiger partial charge on any atom is -0.466 e. The lowest BCUT2D eigenvalue weighted by Gasteiger charge is -2.35. The maximum Gasteiger partial charge on any atom is 0.257 e. The topological polar surface area (TPSA) is 65.7 Å². The van der Waals surface area contributed by atoms with Gasteiger partial charge in [0.2, 0.25) is 5.95 Å². The summed E-state index contributed by atoms with van der Waals surface area (Å²) >= 11 is 0. The van der Waals surface area contributed by atoms with Crippen molar-refractivity contribution in [2.24, 2.45) is 0 Å². The van der Waals surface area contributed by atoms with Gasteiger partial charge in [0.25, 0.3) is 5.91 Å². The summed E-state index contributed by atoms with van der Waals surface area (Å²) in [6, 6.07) is 3.90. The summed E-state index contributed by atoms with van der Waals surface area (Å²) in [5.74, 6) is 3.32. The van der Waals surface area contributed by atoms with E-state index < -0.39 is 0 Å². The van der Waals surface area contributed by atoms with Crippen molar-refractivity contribution in [1.29, 1.82) is 0 Å². The lowest BCUT2D eigenvalue weighted by molar-refractivity contribution is 0.0744. The van der Waals surface area contributed by atoms with Crippen LogP contribution in [-0.4, -0.2) is 60.0 Å². The Kier molecular flexibility index (Phi) is 4.76. The second-order valence-corrected chi connectivity index (χ2v) is 7.47. The Bertz CT molecular complexity index is 833. The molecule has 0 atom stereocenters. The molecule has 2 aromatic heterocycles. The Morgan fingerprint density at radius 3 is 2.26 bits per heavy atom. The minimum atomic E-state index is 0.0481. The number of rotatable bonds is 3. The van der Waals surface area contributed by atoms with Crippen molar-refractivity contribution in [3.8, 4) is 0 Å². The molecule has 0 unspecified atom stereocenters. The van der Waals surface area contributed by atoms with Crippen molar-refractivity contribution in [2.75, 3.05) is 49.1 Å². The van der Waals surface area contributed by atoms with Gasteiger partial charge < -0.3 is 19.1 Å². The normalized spacial score (nSPS) is 17.7. The fourth-order valence-electron chi connectivity index (χ4n) is 3.91. The lowest BCUT2D eigenvalue weighted by Crippen LogP contribution is -2.49. The summed E-state index contributed by atoms with van der Waals surface area (Å²) in [7, 11) is 0. The minimum absolute atomic E-state index is 0.0481. The number of furan rings is 1. The molecule has 0 spiro atoms. The molecule has 4 rings (SSSR count). The third-order valence-electron chi connectivity index (χ3n) is 5.38. The molecule has 0 bridgehead atoms. The number of anilines is 2. The molecule has 2 aromatic rings. The van der Waals surface area contributed by atoms with E-state index in [2.05, 4.69) is 20.9 Å². The van der Waals surface area contributed by atoms with E-state index in [0.29, 0.717) is 24.4 Å². The highest BCUT2D eigenvalue weighted by molar-refractivity contribution is 5.95. The molecule has 2 aliphatic heterocycles. The molecule has 1 amide bonds. The monoisotopic (exact) mass is 369 g/mol. The Morgan fingerprint density at radius 1 is 0.926 bits per heavy atom. The summed E-state index contributed by atoms with van der Waals surface area (Å²) in [5, 5.41) is 0. The lowest BCUT2D eigenvalue weighted by atomic mass is 10.2. The van der Waals surface area contributed by atoms with Crippen molar-refractivity contribution < 1.29 is 9.21 Å². The van der Waals surface area contributed by atoms with Crippen LogP contribution in [0.3, 0.4) is 0 Å². The molecule has 0 aliphatic carbocycles. The zero-order valence-corrected chi connectivity index (χ0v) is 16.4. The number of hydrogen-bond acceptors (Lipinski definition) is 6. The average molecular weight is 369 g/mol. The van der Waals surface area contributed by atoms with Crippen LogP contribution >= 0.6 is 0 Å². The number of piperazine rings is 1. The summed E-state index contributed by atoms with van der Waals surface area (Å²) < 4.78 is 5.51. The number of nitrogens with zero attached hydrogens (tertiary/aromatic N) is 5. The largest absolute Gasteiger partial charge is 0.466 e. The van der Waals surface area contributed by atoms with Gasteiger partial charge in [-0.3, -0.25) is 4.79 Å². The van der Waals surface area contributed by atoms with E-state index >= 15 is 0 Å². The van der Waals surface area contributed by atoms with Crippen molar-refractivity contribution in [3.63, 3.8) is 0 Å². The molecule has 27 heavy (non-hydrogen) atoms. The third kappa shape index (κ3) is 3.63. The highest BCUT2D eigenvalue weighted by atomic mass is 16.3. The number of aryl methyl sites for hydroxylation is 3. The van der Waals surface area contributed by atoms with E-state index in [1.807, 2.05) is 31.7 Å². The number of aromatic nitrogens is 2. The van der Waals surface area contributed by atoms with E-state index in [0.717, 1.165) is 49.4 Å². The highest BCUT2D eigenvalue weighted by Crippen LogP contribution is 2.23. The zero-order valence-electron chi connectivity index (χ0n) is 16.4. The predicted molar refractivity (Wildman–Crippen MR) is 105 cm³/mol. The van der Waals surface area contributed by atoms with Crippen LogP contribution in [0.15, 0.2) is 16.5 Å². The van der Waals surface area contributed by atoms with Gasteiger partial charge in [-0.25, -0.2) is 4.98 Å². The SMILES string of the molecule is Cc1cc(N2CCCC2)nc(N2CCN(C(=O)c3cc(C)oc3C)CC2)n1. The van der Waals surface area contributed by atoms with Crippen LogP contribution in [0.4, 0.5) is 11.8 Å². The molecule has 4 heterocycles. The quantitative estimate of drug-likeness (QED) is 0.828. The van der Waals surface area contributed by atoms with E-state index in [1.165, 1.54) is 12.8 Å². The van der Waals surface area contributed by atoms with E-state index in [9.17, 15) is 4.79 Å². The van der Waals surface area contributed by atoms with Gasteiger partial charge in [-0.2, -0.15) is 4.98 Å². The molecule has 2 saturated heterocycles. The molecule has 2 aliphatic rings. The van der Waals surface area contributed by atoms with Gasteiger partial charge in [0, 0.05) is 51.0 Å². The van der Waals surface area contributed by atoms with Gasteiger partial charge in [-0.1, -0.05) is 0 Å². The van der Waals surface area contributed by atoms with Crippen molar-refractivity contribution >= 4 is 17.7 Å². The number of amides is 1. The summed E-state index contributed by atoms with van der Waals surface area (Å²) in [4.78, 5) is 28.6. The number of hydrogen-bond donors (Lipinski definition) is 0. The fraction of sp³-hybridized carbons (Fsp3) is 0.550. The van der Waals surface area contributed by atoms with Crippen molar-refractivity contribution in [1.82, 2.24) is 14.9 Å². The maximum atomic E-state index is 12.8. The van der Waals surface area contributed by atoms with Gasteiger partial charge >= 0.3 is 0 Å². The third-order valence-corrected chi connectivity index (χ3v) is 5.38. The molecule has 0 radical (unpaired) electrons. The van der Waals surface area contributed by atoms with E-state index in [4.69, 9.17) is 9.40 Å². The molecular weight excluding hydrogens is 342 g/mol. The standard InChI is InChI=1S/C20H27N5O2/c1-14-12-18(23-6-4-5-7-23)22-20(21-14)25-10-8-24(9-11-25)19(26)17-13-15(2)27-16(17)3/h12-13H,4-11H2,1-3H3. The highest BCUT2D eigenvalue weighted by Gasteiger charge is 2.26. The molecule has 144 valence electrons. The second-order valence-electron chi connectivity index (χ2n) is 7.47. The van der Waals surface area contributed by atoms with Crippen LogP contribution in [0.5, 0.6) is 0 Å². The second kappa shape index (κ2) is 7.21. The fourth-order valence-corrected chi connectivity index (χ4v) is 3.91. The first-order valence-corrected chi connectivity index (χ1v) is 9.73. The van der Waals surface area contributed by atoms with Gasteiger partial charge in [0.1, 0.15) is 17.3 Å². The van der Waals surface area contributed by atoms with Crippen LogP contribution in [0.2, 0.25) is 0 Å². The Labute approximate surface area is 160 Å². The van der Waals surface area contributed by atoms with Crippen LogP contribution in [-0.2, 0) is 0 Å². The van der Waals surface area contributed by atoms with Crippen LogP contribution < -0.4 is 9.80 Å². The van der Waals surface area contributed by atoms with Gasteiger partial charge in [0.05, 0.1) is 5.56 Å². The smallest absolute Gasteiger partial charge is 0.257 e. The maximum absolute atomic E-state index is 12.8. The van der Waals surface area contributed by atoms with Gasteiger partial charge in [0.15, 0.2) is 0 Å². The van der Waals surface area contributed by atoms with Gasteiger partial charge in [-0.05, 0) is 39.7 Å². The Balaban J connectivity index is 1.44. The average Bonchev–Trinajstić information content (AvgIpc) is 3.30. The van der Waals surface area contributed by atoms with E-state index in [1.54, 1.807) is 0 Å². The molecule has 0 aromatic carbocycles. The zero-order chi connectivity index (χ0) is 19.0. The van der Waals surface area contributed by atoms with Crippen LogP contribution in [0.25, 0.3) is 0 Å². The molecule has 0 N–H and O–H groups in total. The predicted octanol–water partition coefficient (Wildman–Crippen LogP) is 2.56. The Morgan fingerprint density at radius 2 is 1.63 bits per heavy atom. The first-order chi connectivity index (χ1) is 13.0. The van der Waals surface area contributed by atoms with Crippen LogP contribution in [0, 0.1) is 20.8 Å². The summed E-state index contributed by atoms with van der Waals surface area (Å²) in [5.41, 5.74) is 1.66. The van der Waals surface area contributed by atoms with E-state index in [-0.39, 0.29) is 5.91 Å². The first kappa shape index (κ1) is 17.8. The van der Waals surface area contributed by atoms with Crippen LogP contribution in [0.1, 0.15) is 40.4 Å². The molecule has 0 saturated carbocycles. The number of carbonyl (C=O) groups excluding carboxylic acids is 1. The van der Waals surface area contributed by atoms with Crippen molar-refractivity contribution in [3.05, 3.63) is 34.9 Å². The summed E-state index contributed by atoms with van der Waals surface area (Å²) in [6.45, 7) is 10.7. The molecule has 2 fully saturated rings. The molecular formula is C20H27N5O2. The Hall–Kier alpha value is -2.57. The molecule has 7 heteroatoms. The first-order valence-electron chi connectivity index (χ1n) is 9.73. The molecule has 7 nitrogen and oxygen atoms in total. The summed E-state index contributed by atoms with van der Waals surface area (Å²) in [6.07, 6.45) is 2.46. The van der Waals surface area contributed by atoms with Gasteiger partial charge in [-0.15, -0.1) is 0 Å².